The predicted octanol–water partition coefficient (Wildman–Crippen LogP) is 1.27. The van der Waals surface area contributed by atoms with Crippen molar-refractivity contribution in [2.24, 2.45) is 12.9 Å². The molecule has 0 aliphatic heterocycles. The van der Waals surface area contributed by atoms with Crippen LogP contribution in [-0.4, -0.2) is 9.67 Å². The highest BCUT2D eigenvalue weighted by Gasteiger charge is 2.06. The molecule has 74 valence electrons. The normalized spacial score (nSPS) is 11.0. The average molecular weight is 192 g/mol. The van der Waals surface area contributed by atoms with Crippen molar-refractivity contribution >= 4 is 10.9 Å². The van der Waals surface area contributed by atoms with E-state index in [1.807, 2.05) is 23.9 Å². The van der Waals surface area contributed by atoms with Crippen molar-refractivity contribution in [2.75, 3.05) is 0 Å². The first kappa shape index (κ1) is 9.05. The van der Waals surface area contributed by atoms with E-state index in [1.165, 1.54) is 0 Å². The zero-order chi connectivity index (χ0) is 10.1. The number of phenols is 1. The van der Waals surface area contributed by atoms with Crippen LogP contribution in [0.5, 0.6) is 5.75 Å². The fraction of sp³-hybridized carbons (Fsp3) is 0.200. The Bertz CT molecular complexity index is 462. The van der Waals surface area contributed by atoms with Crippen molar-refractivity contribution in [3.8, 4) is 5.75 Å². The van der Waals surface area contributed by atoms with Gasteiger partial charge in [0.25, 0.3) is 0 Å². The molecule has 4 heteroatoms. The third-order valence-electron chi connectivity index (χ3n) is 2.30. The molecule has 0 atom stereocenters. The van der Waals surface area contributed by atoms with Gasteiger partial charge in [-0.2, -0.15) is 0 Å². The molecule has 2 aromatic rings. The summed E-state index contributed by atoms with van der Waals surface area (Å²) in [7, 11) is 1.92. The molecule has 1 heterocycles. The molecular formula is C10H12N2O2. The first-order valence-electron chi connectivity index (χ1n) is 4.31. The van der Waals surface area contributed by atoms with E-state index in [2.05, 4.69) is 4.84 Å². The van der Waals surface area contributed by atoms with E-state index < -0.39 is 0 Å². The Morgan fingerprint density at radius 1 is 1.50 bits per heavy atom. The van der Waals surface area contributed by atoms with E-state index in [9.17, 15) is 5.11 Å². The molecule has 1 aromatic heterocycles. The van der Waals surface area contributed by atoms with Gasteiger partial charge < -0.3 is 9.67 Å². The van der Waals surface area contributed by atoms with Crippen molar-refractivity contribution < 1.29 is 9.94 Å². The number of phenolic OH excluding ortho intramolecular Hbond substituents is 1. The minimum absolute atomic E-state index is 0.263. The zero-order valence-corrected chi connectivity index (χ0v) is 7.90. The number of benzene rings is 1. The van der Waals surface area contributed by atoms with Crippen molar-refractivity contribution in [2.45, 2.75) is 6.61 Å². The highest BCUT2D eigenvalue weighted by molar-refractivity contribution is 5.85. The molecule has 0 saturated heterocycles. The first-order chi connectivity index (χ1) is 6.72. The number of hydrogen-bond acceptors (Lipinski definition) is 3. The molecule has 14 heavy (non-hydrogen) atoms. The number of hydrogen-bond donors (Lipinski definition) is 2. The number of aromatic hydroxyl groups is 1. The topological polar surface area (TPSA) is 60.4 Å². The molecule has 0 aliphatic carbocycles. The van der Waals surface area contributed by atoms with Crippen LogP contribution in [-0.2, 0) is 18.5 Å². The molecule has 0 fully saturated rings. The Hall–Kier alpha value is -1.52. The van der Waals surface area contributed by atoms with Crippen molar-refractivity contribution in [3.05, 3.63) is 30.0 Å². The fourth-order valence-corrected chi connectivity index (χ4v) is 1.66. The summed E-state index contributed by atoms with van der Waals surface area (Å²) < 4.78 is 1.93. The maximum Gasteiger partial charge on any atom is 0.117 e. The van der Waals surface area contributed by atoms with Crippen LogP contribution in [0.4, 0.5) is 0 Å². The van der Waals surface area contributed by atoms with Crippen LogP contribution in [0.15, 0.2) is 24.4 Å². The van der Waals surface area contributed by atoms with E-state index in [0.717, 1.165) is 16.5 Å². The third kappa shape index (κ3) is 1.34. The number of aromatic nitrogens is 1. The number of aryl methyl sites for hydroxylation is 1. The summed E-state index contributed by atoms with van der Waals surface area (Å²) in [5.41, 5.74) is 1.99. The van der Waals surface area contributed by atoms with Gasteiger partial charge in [0.2, 0.25) is 0 Å². The van der Waals surface area contributed by atoms with Crippen LogP contribution < -0.4 is 5.90 Å². The van der Waals surface area contributed by atoms with Gasteiger partial charge in [0.1, 0.15) is 5.75 Å². The van der Waals surface area contributed by atoms with Gasteiger partial charge in [0.05, 0.1) is 12.1 Å². The van der Waals surface area contributed by atoms with Gasteiger partial charge in [-0.1, -0.05) is 0 Å². The average Bonchev–Trinajstić information content (AvgIpc) is 2.44. The largest absolute Gasteiger partial charge is 0.508 e. The number of nitrogens with zero attached hydrogens (tertiary/aromatic N) is 1. The molecule has 0 aliphatic rings. The molecule has 2 rings (SSSR count). The second-order valence-corrected chi connectivity index (χ2v) is 3.28. The Morgan fingerprint density at radius 2 is 2.29 bits per heavy atom. The summed E-state index contributed by atoms with van der Waals surface area (Å²) in [5, 5.41) is 10.4. The SMILES string of the molecule is Cn1cc(CON)c2ccc(O)cc21. The second-order valence-electron chi connectivity index (χ2n) is 3.28. The van der Waals surface area contributed by atoms with E-state index in [-0.39, 0.29) is 5.75 Å². The van der Waals surface area contributed by atoms with Crippen LogP contribution in [0.3, 0.4) is 0 Å². The molecule has 0 saturated carbocycles. The predicted molar refractivity (Wildman–Crippen MR) is 53.6 cm³/mol. The summed E-state index contributed by atoms with van der Waals surface area (Å²) in [4.78, 5) is 4.60. The summed E-state index contributed by atoms with van der Waals surface area (Å²) in [5.74, 6) is 5.29. The molecule has 3 N–H and O–H groups in total. The summed E-state index contributed by atoms with van der Waals surface area (Å²) >= 11 is 0. The van der Waals surface area contributed by atoms with Gasteiger partial charge in [0, 0.05) is 30.3 Å². The van der Waals surface area contributed by atoms with E-state index in [0.29, 0.717) is 6.61 Å². The second kappa shape index (κ2) is 3.32. The lowest BCUT2D eigenvalue weighted by Gasteiger charge is -1.97. The highest BCUT2D eigenvalue weighted by atomic mass is 16.6. The van der Waals surface area contributed by atoms with Crippen LogP contribution in [0, 0.1) is 0 Å². The summed E-state index contributed by atoms with van der Waals surface area (Å²) in [6, 6.07) is 5.23. The Balaban J connectivity index is 2.65. The van der Waals surface area contributed by atoms with Crippen molar-refractivity contribution in [1.29, 1.82) is 0 Å². The number of rotatable bonds is 2. The van der Waals surface area contributed by atoms with Crippen molar-refractivity contribution in [3.63, 3.8) is 0 Å². The van der Waals surface area contributed by atoms with Crippen LogP contribution >= 0.6 is 0 Å². The molecule has 1 aromatic carbocycles. The molecule has 0 spiro atoms. The number of fused-ring (bicyclic) bond motifs is 1. The third-order valence-corrected chi connectivity index (χ3v) is 2.30. The van der Waals surface area contributed by atoms with Gasteiger partial charge in [-0.05, 0) is 12.1 Å². The molecule has 0 unspecified atom stereocenters. The number of nitrogens with two attached hydrogens (primary N) is 1. The molecule has 0 bridgehead atoms. The smallest absolute Gasteiger partial charge is 0.117 e. The minimum atomic E-state index is 0.263. The van der Waals surface area contributed by atoms with Crippen LogP contribution in [0.25, 0.3) is 10.9 Å². The Labute approximate surface area is 81.5 Å². The zero-order valence-electron chi connectivity index (χ0n) is 7.90. The van der Waals surface area contributed by atoms with Gasteiger partial charge in [-0.25, -0.2) is 5.90 Å². The lowest BCUT2D eigenvalue weighted by atomic mass is 10.2. The maximum absolute atomic E-state index is 9.32. The lowest BCUT2D eigenvalue weighted by Crippen LogP contribution is -1.97. The molecular weight excluding hydrogens is 180 g/mol. The summed E-state index contributed by atoms with van der Waals surface area (Å²) in [6.45, 7) is 0.377. The van der Waals surface area contributed by atoms with Gasteiger partial charge >= 0.3 is 0 Å². The van der Waals surface area contributed by atoms with E-state index >= 15 is 0 Å². The van der Waals surface area contributed by atoms with Gasteiger partial charge in [0.15, 0.2) is 0 Å². The standard InChI is InChI=1S/C10H12N2O2/c1-12-5-7(6-14-11)9-3-2-8(13)4-10(9)12/h2-5,13H,6,11H2,1H3. The Kier molecular flexibility index (Phi) is 2.15. The summed E-state index contributed by atoms with van der Waals surface area (Å²) in [6.07, 6.45) is 1.94. The van der Waals surface area contributed by atoms with E-state index in [1.54, 1.807) is 12.1 Å². The lowest BCUT2D eigenvalue weighted by molar-refractivity contribution is 0.125. The maximum atomic E-state index is 9.32. The van der Waals surface area contributed by atoms with Gasteiger partial charge in [-0.3, -0.25) is 4.84 Å². The fourth-order valence-electron chi connectivity index (χ4n) is 1.66. The van der Waals surface area contributed by atoms with E-state index in [4.69, 9.17) is 5.90 Å². The van der Waals surface area contributed by atoms with Crippen LogP contribution in [0.2, 0.25) is 0 Å². The first-order valence-corrected chi connectivity index (χ1v) is 4.31. The van der Waals surface area contributed by atoms with Crippen molar-refractivity contribution in [1.82, 2.24) is 4.57 Å². The molecule has 0 amide bonds. The monoisotopic (exact) mass is 192 g/mol. The van der Waals surface area contributed by atoms with Crippen LogP contribution in [0.1, 0.15) is 5.56 Å². The minimum Gasteiger partial charge on any atom is -0.508 e. The van der Waals surface area contributed by atoms with Gasteiger partial charge in [-0.15, -0.1) is 0 Å². The quantitative estimate of drug-likeness (QED) is 0.704. The Morgan fingerprint density at radius 3 is 3.00 bits per heavy atom. The highest BCUT2D eigenvalue weighted by Crippen LogP contribution is 2.24. The molecule has 4 nitrogen and oxygen atoms in total. The molecule has 0 radical (unpaired) electrons.